The molecule has 0 bridgehead atoms. The lowest BCUT2D eigenvalue weighted by atomic mass is 9.64. The predicted molar refractivity (Wildman–Crippen MR) is 116 cm³/mol. The molecule has 3 rings (SSSR count). The van der Waals surface area contributed by atoms with Gasteiger partial charge >= 0.3 is 0 Å². The summed E-state index contributed by atoms with van der Waals surface area (Å²) in [5, 5.41) is 31.7. The summed E-state index contributed by atoms with van der Waals surface area (Å²) in [5.74, 6) is -0.686. The summed E-state index contributed by atoms with van der Waals surface area (Å²) in [4.78, 5) is 12.0. The molecule has 0 radical (unpaired) electrons. The molecule has 162 valence electrons. The molecule has 0 amide bonds. The van der Waals surface area contributed by atoms with E-state index in [1.807, 2.05) is 30.3 Å². The van der Waals surface area contributed by atoms with E-state index in [1.165, 1.54) is 6.92 Å². The van der Waals surface area contributed by atoms with Crippen molar-refractivity contribution in [3.63, 3.8) is 0 Å². The number of hydrogen-bond donors (Lipinski definition) is 3. The van der Waals surface area contributed by atoms with Crippen molar-refractivity contribution in [2.45, 2.75) is 59.2 Å². The fourth-order valence-corrected chi connectivity index (χ4v) is 4.99. The number of phenols is 3. The van der Waals surface area contributed by atoms with Crippen molar-refractivity contribution in [2.75, 3.05) is 0 Å². The largest absolute Gasteiger partial charge is 0.507 e. The maximum Gasteiger partial charge on any atom is 0.167 e. The van der Waals surface area contributed by atoms with Crippen LogP contribution in [0.15, 0.2) is 36.4 Å². The Bertz CT molecular complexity index is 892. The predicted octanol–water partition coefficient (Wildman–Crippen LogP) is 5.38. The van der Waals surface area contributed by atoms with Gasteiger partial charge in [-0.2, -0.15) is 0 Å². The molecular weight excluding hydrogens is 380 g/mol. The lowest BCUT2D eigenvalue weighted by Gasteiger charge is -2.45. The van der Waals surface area contributed by atoms with E-state index in [4.69, 9.17) is 4.74 Å². The van der Waals surface area contributed by atoms with Crippen molar-refractivity contribution < 1.29 is 24.9 Å². The van der Waals surface area contributed by atoms with Crippen LogP contribution in [0, 0.1) is 17.8 Å². The van der Waals surface area contributed by atoms with E-state index in [0.29, 0.717) is 24.0 Å². The van der Waals surface area contributed by atoms with Crippen molar-refractivity contribution in [1.82, 2.24) is 0 Å². The third kappa shape index (κ3) is 4.17. The second kappa shape index (κ2) is 9.09. The van der Waals surface area contributed by atoms with Crippen LogP contribution >= 0.6 is 0 Å². The van der Waals surface area contributed by atoms with Gasteiger partial charge in [0.25, 0.3) is 0 Å². The highest BCUT2D eigenvalue weighted by Crippen LogP contribution is 2.52. The molecule has 3 N–H and O–H groups in total. The minimum absolute atomic E-state index is 0.149. The zero-order valence-corrected chi connectivity index (χ0v) is 18.1. The van der Waals surface area contributed by atoms with Crippen molar-refractivity contribution in [3.8, 4) is 17.2 Å². The van der Waals surface area contributed by atoms with Crippen molar-refractivity contribution in [1.29, 1.82) is 0 Å². The first-order valence-corrected chi connectivity index (χ1v) is 10.7. The summed E-state index contributed by atoms with van der Waals surface area (Å²) in [6, 6.07) is 11.1. The SMILES string of the molecule is CCC1CC(c2c(O)cc(O)c(C(C)=O)c2O)C(OCc2ccccc2)C(C)C1C. The highest BCUT2D eigenvalue weighted by atomic mass is 16.5. The van der Waals surface area contributed by atoms with Crippen LogP contribution in [0.4, 0.5) is 0 Å². The molecule has 5 heteroatoms. The fourth-order valence-electron chi connectivity index (χ4n) is 4.99. The standard InChI is InChI=1S/C25H32O5/c1-5-18-11-19(23-21(28)12-20(27)22(16(4)26)24(23)29)25(15(3)14(18)2)30-13-17-9-7-6-8-10-17/h6-10,12,14-15,18-19,25,27-29H,5,11,13H2,1-4H3. The van der Waals surface area contributed by atoms with E-state index in [-0.39, 0.29) is 35.0 Å². The van der Waals surface area contributed by atoms with Crippen LogP contribution < -0.4 is 0 Å². The van der Waals surface area contributed by atoms with Crippen LogP contribution in [-0.2, 0) is 11.3 Å². The maximum atomic E-state index is 12.0. The molecule has 0 aliphatic heterocycles. The minimum Gasteiger partial charge on any atom is -0.507 e. The first-order valence-electron chi connectivity index (χ1n) is 10.7. The van der Waals surface area contributed by atoms with Gasteiger partial charge in [-0.3, -0.25) is 4.79 Å². The Labute approximate surface area is 178 Å². The molecule has 2 aromatic rings. The topological polar surface area (TPSA) is 87.0 Å². The molecular formula is C25H32O5. The monoisotopic (exact) mass is 412 g/mol. The van der Waals surface area contributed by atoms with Gasteiger partial charge in [0.2, 0.25) is 0 Å². The number of carbonyl (C=O) groups is 1. The molecule has 1 aliphatic rings. The molecule has 1 fully saturated rings. The Hall–Kier alpha value is -2.53. The van der Waals surface area contributed by atoms with Gasteiger partial charge in [-0.05, 0) is 36.7 Å². The molecule has 1 aliphatic carbocycles. The summed E-state index contributed by atoms with van der Waals surface area (Å²) in [5.41, 5.74) is 1.20. The van der Waals surface area contributed by atoms with E-state index in [0.717, 1.165) is 24.5 Å². The van der Waals surface area contributed by atoms with E-state index in [2.05, 4.69) is 20.8 Å². The van der Waals surface area contributed by atoms with Crippen LogP contribution in [-0.4, -0.2) is 27.2 Å². The Morgan fingerprint density at radius 2 is 1.73 bits per heavy atom. The first kappa shape index (κ1) is 22.2. The van der Waals surface area contributed by atoms with Gasteiger partial charge in [0.05, 0.1) is 12.7 Å². The van der Waals surface area contributed by atoms with Gasteiger partial charge in [-0.25, -0.2) is 0 Å². The van der Waals surface area contributed by atoms with Gasteiger partial charge in [-0.1, -0.05) is 57.5 Å². The molecule has 0 heterocycles. The average molecular weight is 413 g/mol. The smallest absolute Gasteiger partial charge is 0.167 e. The average Bonchev–Trinajstić information content (AvgIpc) is 2.70. The van der Waals surface area contributed by atoms with Crippen molar-refractivity contribution in [3.05, 3.63) is 53.1 Å². The van der Waals surface area contributed by atoms with Crippen LogP contribution in [0.1, 0.15) is 67.9 Å². The second-order valence-electron chi connectivity index (χ2n) is 8.60. The molecule has 5 nitrogen and oxygen atoms in total. The molecule has 30 heavy (non-hydrogen) atoms. The van der Waals surface area contributed by atoms with Crippen LogP contribution in [0.25, 0.3) is 0 Å². The summed E-state index contributed by atoms with van der Waals surface area (Å²) < 4.78 is 6.38. The third-order valence-electron chi connectivity index (χ3n) is 6.87. The number of carbonyl (C=O) groups excluding carboxylic acids is 1. The zero-order chi connectivity index (χ0) is 22.0. The van der Waals surface area contributed by atoms with E-state index >= 15 is 0 Å². The Kier molecular flexibility index (Phi) is 6.71. The number of benzene rings is 2. The Morgan fingerprint density at radius 1 is 1.07 bits per heavy atom. The lowest BCUT2D eigenvalue weighted by molar-refractivity contribution is -0.0655. The fraction of sp³-hybridized carbons (Fsp3) is 0.480. The molecule has 0 saturated heterocycles. The number of rotatable bonds is 6. The third-order valence-corrected chi connectivity index (χ3v) is 6.87. The van der Waals surface area contributed by atoms with Crippen LogP contribution in [0.3, 0.4) is 0 Å². The number of hydrogen-bond acceptors (Lipinski definition) is 5. The zero-order valence-electron chi connectivity index (χ0n) is 18.1. The van der Waals surface area contributed by atoms with Gasteiger partial charge in [-0.15, -0.1) is 0 Å². The lowest BCUT2D eigenvalue weighted by Crippen LogP contribution is -2.41. The number of aromatic hydroxyl groups is 3. The normalized spacial score (nSPS) is 26.5. The molecule has 0 aromatic heterocycles. The highest BCUT2D eigenvalue weighted by molar-refractivity contribution is 6.00. The quantitative estimate of drug-likeness (QED) is 0.555. The number of ether oxygens (including phenoxy) is 1. The summed E-state index contributed by atoms with van der Waals surface area (Å²) in [6.45, 7) is 8.24. The van der Waals surface area contributed by atoms with Crippen molar-refractivity contribution >= 4 is 5.78 Å². The number of ketones is 1. The molecule has 2 aromatic carbocycles. The van der Waals surface area contributed by atoms with E-state index < -0.39 is 11.5 Å². The highest BCUT2D eigenvalue weighted by Gasteiger charge is 2.43. The van der Waals surface area contributed by atoms with E-state index in [9.17, 15) is 20.1 Å². The molecule has 5 unspecified atom stereocenters. The van der Waals surface area contributed by atoms with E-state index in [1.54, 1.807) is 0 Å². The summed E-state index contributed by atoms with van der Waals surface area (Å²) in [6.07, 6.45) is 1.46. The molecule has 0 spiro atoms. The second-order valence-corrected chi connectivity index (χ2v) is 8.60. The molecule has 5 atom stereocenters. The van der Waals surface area contributed by atoms with Gasteiger partial charge in [0.1, 0.15) is 22.8 Å². The van der Waals surface area contributed by atoms with Gasteiger partial charge in [0, 0.05) is 17.5 Å². The van der Waals surface area contributed by atoms with Gasteiger partial charge < -0.3 is 20.1 Å². The van der Waals surface area contributed by atoms with Gasteiger partial charge in [0.15, 0.2) is 5.78 Å². The van der Waals surface area contributed by atoms with Crippen LogP contribution in [0.2, 0.25) is 0 Å². The summed E-state index contributed by atoms with van der Waals surface area (Å²) in [7, 11) is 0. The Morgan fingerprint density at radius 3 is 2.33 bits per heavy atom. The maximum absolute atomic E-state index is 12.0. The Balaban J connectivity index is 2.04. The number of phenolic OH excluding ortho intramolecular Hbond substituents is 3. The minimum atomic E-state index is -0.447. The van der Waals surface area contributed by atoms with Crippen molar-refractivity contribution in [2.24, 2.45) is 17.8 Å². The summed E-state index contributed by atoms with van der Waals surface area (Å²) >= 11 is 0. The first-order chi connectivity index (χ1) is 14.3. The van der Waals surface area contributed by atoms with Crippen LogP contribution in [0.5, 0.6) is 17.2 Å². The number of Topliss-reactive ketones (excluding diaryl/α,β-unsaturated/α-hetero) is 1. The molecule has 1 saturated carbocycles.